The van der Waals surface area contributed by atoms with Crippen molar-refractivity contribution in [3.8, 4) is 17.2 Å². The van der Waals surface area contributed by atoms with Crippen LogP contribution in [-0.4, -0.2) is 46.8 Å². The highest BCUT2D eigenvalue weighted by Gasteiger charge is 2.26. The van der Waals surface area contributed by atoms with E-state index < -0.39 is 5.97 Å². The van der Waals surface area contributed by atoms with Gasteiger partial charge < -0.3 is 23.9 Å². The Morgan fingerprint density at radius 3 is 2.62 bits per heavy atom. The van der Waals surface area contributed by atoms with E-state index in [1.165, 1.54) is 0 Å². The second kappa shape index (κ2) is 13.8. The molecule has 0 unspecified atom stereocenters. The van der Waals surface area contributed by atoms with Crippen LogP contribution in [0.3, 0.4) is 0 Å². The molecule has 2 aromatic carbocycles. The molecule has 1 N–H and O–H groups in total. The van der Waals surface area contributed by atoms with Crippen LogP contribution in [-0.2, 0) is 35.3 Å². The minimum absolute atomic E-state index is 0.0315. The Bertz CT molecular complexity index is 1250. The fraction of sp³-hybridized carbons (Fsp3) is 0.452. The highest BCUT2D eigenvalue weighted by atomic mass is 16.6. The Kier molecular flexibility index (Phi) is 10.00. The first-order valence-electron chi connectivity index (χ1n) is 13.9. The summed E-state index contributed by atoms with van der Waals surface area (Å²) < 4.78 is 17.6. The summed E-state index contributed by atoms with van der Waals surface area (Å²) in [6.45, 7) is 5.82. The summed E-state index contributed by atoms with van der Waals surface area (Å²) in [5, 5.41) is 9.23. The molecule has 0 saturated heterocycles. The van der Waals surface area contributed by atoms with Crippen LogP contribution in [0, 0.1) is 6.92 Å². The Hall–Kier alpha value is -3.81. The Balaban J connectivity index is 1.42. The number of carbonyl (C=O) groups is 2. The van der Waals surface area contributed by atoms with Crippen LogP contribution >= 0.6 is 0 Å². The zero-order chi connectivity index (χ0) is 27.6. The van der Waals surface area contributed by atoms with E-state index in [1.807, 2.05) is 49.4 Å². The number of fused-ring (bicyclic) bond motifs is 1. The molecule has 0 radical (unpaired) electrons. The summed E-state index contributed by atoms with van der Waals surface area (Å²) in [6, 6.07) is 13.6. The minimum Gasteiger partial charge on any atom is -0.493 e. The molecule has 2 heterocycles. The summed E-state index contributed by atoms with van der Waals surface area (Å²) >= 11 is 0. The molecule has 0 atom stereocenters. The lowest BCUT2D eigenvalue weighted by Gasteiger charge is -2.31. The highest BCUT2D eigenvalue weighted by Crippen LogP contribution is 2.32. The van der Waals surface area contributed by atoms with Gasteiger partial charge in [-0.3, -0.25) is 4.79 Å². The molecule has 1 aliphatic heterocycles. The van der Waals surface area contributed by atoms with Gasteiger partial charge in [0, 0.05) is 37.1 Å². The molecule has 0 saturated carbocycles. The Morgan fingerprint density at radius 1 is 1.03 bits per heavy atom. The smallest absolute Gasteiger partial charge is 0.410 e. The summed E-state index contributed by atoms with van der Waals surface area (Å²) in [4.78, 5) is 30.3. The number of hydrogen-bond acceptors (Lipinski definition) is 6. The Morgan fingerprint density at radius 2 is 1.85 bits per heavy atom. The average Bonchev–Trinajstić information content (AvgIpc) is 3.32. The molecule has 208 valence electrons. The molecule has 1 aliphatic rings. The second-order valence-corrected chi connectivity index (χ2v) is 9.91. The van der Waals surface area contributed by atoms with Gasteiger partial charge in [0.25, 0.3) is 0 Å². The molecule has 1 aromatic heterocycles. The van der Waals surface area contributed by atoms with E-state index in [2.05, 4.69) is 11.9 Å². The van der Waals surface area contributed by atoms with E-state index in [0.717, 1.165) is 65.1 Å². The lowest BCUT2D eigenvalue weighted by atomic mass is 9.92. The summed E-state index contributed by atoms with van der Waals surface area (Å²) in [5.41, 5.74) is 4.72. The fourth-order valence-electron chi connectivity index (χ4n) is 4.88. The molecular weight excluding hydrogens is 496 g/mol. The minimum atomic E-state index is -0.846. The maximum Gasteiger partial charge on any atom is 0.410 e. The van der Waals surface area contributed by atoms with Crippen molar-refractivity contribution in [3.05, 3.63) is 70.6 Å². The molecular formula is C31H38N2O6. The molecule has 8 heteroatoms. The van der Waals surface area contributed by atoms with Crippen LogP contribution in [0.15, 0.2) is 46.9 Å². The standard InChI is InChI=1S/C31H38N2O6/c1-3-4-5-9-19-38-31(36)33-18-16-25-26(21-33)23(13-15-29(34)35)12-14-28(25)37-20-17-27-22(2)39-30(32-27)24-10-7-6-8-11-24/h6-8,10-12,14H,3-5,9,13,15-21H2,1-2H3,(H,34,35). The summed E-state index contributed by atoms with van der Waals surface area (Å²) in [6.07, 6.45) is 5.51. The van der Waals surface area contributed by atoms with Gasteiger partial charge >= 0.3 is 12.1 Å². The third kappa shape index (κ3) is 7.62. The Labute approximate surface area is 229 Å². The van der Waals surface area contributed by atoms with Gasteiger partial charge in [0.1, 0.15) is 11.5 Å². The van der Waals surface area contributed by atoms with Gasteiger partial charge in [0.15, 0.2) is 0 Å². The quantitative estimate of drug-likeness (QED) is 0.254. The number of amides is 1. The number of carboxylic acids is 1. The number of unbranched alkanes of at least 4 members (excludes halogenated alkanes) is 3. The van der Waals surface area contributed by atoms with E-state index in [4.69, 9.17) is 13.9 Å². The number of nitrogens with zero attached hydrogens (tertiary/aromatic N) is 2. The first-order chi connectivity index (χ1) is 19.0. The number of ether oxygens (including phenoxy) is 2. The fourth-order valence-corrected chi connectivity index (χ4v) is 4.88. The molecule has 3 aromatic rings. The van der Waals surface area contributed by atoms with Crippen LogP contribution in [0.2, 0.25) is 0 Å². The van der Waals surface area contributed by atoms with E-state index >= 15 is 0 Å². The number of aromatic nitrogens is 1. The van der Waals surface area contributed by atoms with Gasteiger partial charge in [-0.1, -0.05) is 50.5 Å². The predicted octanol–water partition coefficient (Wildman–Crippen LogP) is 6.36. The van der Waals surface area contributed by atoms with Gasteiger partial charge in [-0.15, -0.1) is 0 Å². The number of oxazole rings is 1. The number of aliphatic carboxylic acids is 1. The van der Waals surface area contributed by atoms with Gasteiger partial charge in [-0.25, -0.2) is 9.78 Å². The number of hydrogen-bond donors (Lipinski definition) is 1. The van der Waals surface area contributed by atoms with Crippen LogP contribution in [0.4, 0.5) is 4.79 Å². The van der Waals surface area contributed by atoms with Gasteiger partial charge in [0.2, 0.25) is 5.89 Å². The number of carboxylic acid groups (broad SMARTS) is 1. The molecule has 0 spiro atoms. The zero-order valence-corrected chi connectivity index (χ0v) is 22.9. The number of carbonyl (C=O) groups excluding carboxylic acids is 1. The van der Waals surface area contributed by atoms with Gasteiger partial charge in [0.05, 0.1) is 18.9 Å². The first kappa shape index (κ1) is 28.2. The summed E-state index contributed by atoms with van der Waals surface area (Å²) in [7, 11) is 0. The molecule has 4 rings (SSSR count). The first-order valence-corrected chi connectivity index (χ1v) is 13.9. The van der Waals surface area contributed by atoms with Crippen molar-refractivity contribution in [1.82, 2.24) is 9.88 Å². The molecule has 1 amide bonds. The van der Waals surface area contributed by atoms with E-state index in [1.54, 1.807) is 4.90 Å². The molecule has 39 heavy (non-hydrogen) atoms. The van der Waals surface area contributed by atoms with Crippen molar-refractivity contribution in [2.24, 2.45) is 0 Å². The maximum atomic E-state index is 12.7. The normalized spacial score (nSPS) is 12.7. The van der Waals surface area contributed by atoms with Crippen LogP contribution in [0.5, 0.6) is 5.75 Å². The second-order valence-electron chi connectivity index (χ2n) is 9.91. The van der Waals surface area contributed by atoms with Crippen molar-refractivity contribution in [3.63, 3.8) is 0 Å². The van der Waals surface area contributed by atoms with Crippen molar-refractivity contribution >= 4 is 12.1 Å². The lowest BCUT2D eigenvalue weighted by molar-refractivity contribution is -0.136. The summed E-state index contributed by atoms with van der Waals surface area (Å²) in [5.74, 6) is 1.29. The monoisotopic (exact) mass is 534 g/mol. The molecule has 0 aliphatic carbocycles. The number of aryl methyl sites for hydroxylation is 2. The van der Waals surface area contributed by atoms with Crippen LogP contribution in [0.1, 0.15) is 67.2 Å². The molecule has 0 fully saturated rings. The predicted molar refractivity (Wildman–Crippen MR) is 148 cm³/mol. The SMILES string of the molecule is CCCCCCOC(=O)N1CCc2c(OCCc3nc(-c4ccccc4)oc3C)ccc(CCC(=O)O)c2C1. The van der Waals surface area contributed by atoms with Crippen LogP contribution in [0.25, 0.3) is 11.5 Å². The van der Waals surface area contributed by atoms with Crippen molar-refractivity contribution in [1.29, 1.82) is 0 Å². The van der Waals surface area contributed by atoms with Crippen molar-refractivity contribution in [2.75, 3.05) is 19.8 Å². The average molecular weight is 535 g/mol. The lowest BCUT2D eigenvalue weighted by Crippen LogP contribution is -2.37. The zero-order valence-electron chi connectivity index (χ0n) is 22.9. The topological polar surface area (TPSA) is 102 Å². The van der Waals surface area contributed by atoms with E-state index in [0.29, 0.717) is 51.5 Å². The number of rotatable bonds is 13. The van der Waals surface area contributed by atoms with Crippen LogP contribution < -0.4 is 4.74 Å². The molecule has 0 bridgehead atoms. The van der Waals surface area contributed by atoms with Gasteiger partial charge in [-0.2, -0.15) is 0 Å². The highest BCUT2D eigenvalue weighted by molar-refractivity contribution is 5.69. The van der Waals surface area contributed by atoms with Crippen molar-refractivity contribution < 1.29 is 28.6 Å². The van der Waals surface area contributed by atoms with E-state index in [-0.39, 0.29) is 12.5 Å². The third-order valence-corrected chi connectivity index (χ3v) is 7.07. The maximum absolute atomic E-state index is 12.7. The van der Waals surface area contributed by atoms with Gasteiger partial charge in [-0.05, 0) is 55.5 Å². The third-order valence-electron chi connectivity index (χ3n) is 7.07. The van der Waals surface area contributed by atoms with Crippen molar-refractivity contribution in [2.45, 2.75) is 71.8 Å². The largest absolute Gasteiger partial charge is 0.493 e. The number of benzene rings is 2. The molecule has 8 nitrogen and oxygen atoms in total. The van der Waals surface area contributed by atoms with E-state index in [9.17, 15) is 14.7 Å².